The van der Waals surface area contributed by atoms with E-state index in [9.17, 15) is 4.79 Å². The van der Waals surface area contributed by atoms with Crippen LogP contribution in [-0.2, 0) is 4.79 Å². The van der Waals surface area contributed by atoms with Gasteiger partial charge in [-0.05, 0) is 67.3 Å². The van der Waals surface area contributed by atoms with E-state index in [0.29, 0.717) is 23.9 Å². The highest BCUT2D eigenvalue weighted by Gasteiger charge is 2.05. The van der Waals surface area contributed by atoms with Crippen molar-refractivity contribution in [2.24, 2.45) is 5.10 Å². The van der Waals surface area contributed by atoms with E-state index in [1.54, 1.807) is 19.4 Å². The molecule has 6 nitrogen and oxygen atoms in total. The normalized spacial score (nSPS) is 10.7. The van der Waals surface area contributed by atoms with Crippen molar-refractivity contribution in [1.82, 2.24) is 5.43 Å². The first kappa shape index (κ1) is 20.3. The highest BCUT2D eigenvalue weighted by molar-refractivity contribution is 5.83. The maximum atomic E-state index is 11.9. The third kappa shape index (κ3) is 6.66. The second-order valence-electron chi connectivity index (χ2n) is 6.16. The van der Waals surface area contributed by atoms with Crippen LogP contribution in [0, 0.1) is 13.8 Å². The fourth-order valence-corrected chi connectivity index (χ4v) is 2.47. The molecule has 1 amide bonds. The first-order valence-electron chi connectivity index (χ1n) is 8.85. The molecule has 144 valence electrons. The molecule has 2 aromatic carbocycles. The van der Waals surface area contributed by atoms with E-state index in [1.165, 1.54) is 0 Å². The predicted molar refractivity (Wildman–Crippen MR) is 106 cm³/mol. The summed E-state index contributed by atoms with van der Waals surface area (Å²) in [5.41, 5.74) is 5.42. The zero-order valence-corrected chi connectivity index (χ0v) is 16.2. The molecule has 2 rings (SSSR count). The zero-order valence-electron chi connectivity index (χ0n) is 16.2. The molecule has 0 saturated carbocycles. The summed E-state index contributed by atoms with van der Waals surface area (Å²) in [6.45, 7) is 6.50. The summed E-state index contributed by atoms with van der Waals surface area (Å²) in [5, 5.41) is 3.96. The van der Waals surface area contributed by atoms with Crippen LogP contribution in [0.4, 0.5) is 0 Å². The lowest BCUT2D eigenvalue weighted by Crippen LogP contribution is -2.24. The highest BCUT2D eigenvalue weighted by atomic mass is 16.5. The summed E-state index contributed by atoms with van der Waals surface area (Å²) in [5.74, 6) is 1.64. The highest BCUT2D eigenvalue weighted by Crippen LogP contribution is 2.27. The molecule has 0 spiro atoms. The van der Waals surface area contributed by atoms with Crippen LogP contribution in [0.3, 0.4) is 0 Å². The number of rotatable bonds is 9. The molecule has 0 saturated heterocycles. The second-order valence-corrected chi connectivity index (χ2v) is 6.16. The Balaban J connectivity index is 1.89. The van der Waals surface area contributed by atoms with Crippen LogP contribution in [0.5, 0.6) is 17.2 Å². The standard InChI is InChI=1S/C21H26N2O4/c1-5-8-26-20-12-17(6-7-19(20)25-4)13-22-23-21(24)14-27-18-10-15(2)9-16(3)11-18/h6-7,9-13H,5,8,14H2,1-4H3,(H,23,24)/b22-13-. The molecule has 6 heteroatoms. The number of carbonyl (C=O) groups is 1. The van der Waals surface area contributed by atoms with Gasteiger partial charge < -0.3 is 14.2 Å². The molecular weight excluding hydrogens is 344 g/mol. The SMILES string of the molecule is CCCOc1cc(/C=N\NC(=O)COc2cc(C)cc(C)c2)ccc1OC. The zero-order chi connectivity index (χ0) is 19.6. The molecule has 0 aromatic heterocycles. The smallest absolute Gasteiger partial charge is 0.277 e. The minimum atomic E-state index is -0.332. The summed E-state index contributed by atoms with van der Waals surface area (Å²) in [6, 6.07) is 11.3. The van der Waals surface area contributed by atoms with Gasteiger partial charge in [-0.1, -0.05) is 13.0 Å². The van der Waals surface area contributed by atoms with Crippen LogP contribution in [0.15, 0.2) is 41.5 Å². The summed E-state index contributed by atoms with van der Waals surface area (Å²) in [4.78, 5) is 11.9. The van der Waals surface area contributed by atoms with Gasteiger partial charge in [0.1, 0.15) is 5.75 Å². The Morgan fingerprint density at radius 1 is 1.07 bits per heavy atom. The van der Waals surface area contributed by atoms with Crippen molar-refractivity contribution in [2.75, 3.05) is 20.3 Å². The van der Waals surface area contributed by atoms with Crippen LogP contribution >= 0.6 is 0 Å². The van der Waals surface area contributed by atoms with Crippen LogP contribution in [0.25, 0.3) is 0 Å². The van der Waals surface area contributed by atoms with Crippen molar-refractivity contribution in [3.63, 3.8) is 0 Å². The van der Waals surface area contributed by atoms with Crippen molar-refractivity contribution in [1.29, 1.82) is 0 Å². The Bertz CT molecular complexity index is 783. The number of nitrogens with one attached hydrogen (secondary N) is 1. The first-order valence-corrected chi connectivity index (χ1v) is 8.85. The van der Waals surface area contributed by atoms with E-state index in [2.05, 4.69) is 10.5 Å². The van der Waals surface area contributed by atoms with Crippen LogP contribution in [-0.4, -0.2) is 32.4 Å². The van der Waals surface area contributed by atoms with Gasteiger partial charge in [-0.2, -0.15) is 5.10 Å². The third-order valence-electron chi connectivity index (χ3n) is 3.62. The fraction of sp³-hybridized carbons (Fsp3) is 0.333. The number of hydrogen-bond donors (Lipinski definition) is 1. The third-order valence-corrected chi connectivity index (χ3v) is 3.62. The van der Waals surface area contributed by atoms with Crippen molar-refractivity contribution in [2.45, 2.75) is 27.2 Å². The van der Waals surface area contributed by atoms with Gasteiger partial charge in [-0.3, -0.25) is 4.79 Å². The number of carbonyl (C=O) groups excluding carboxylic acids is 1. The molecule has 0 heterocycles. The van der Waals surface area contributed by atoms with Gasteiger partial charge in [0.05, 0.1) is 19.9 Å². The van der Waals surface area contributed by atoms with Crippen molar-refractivity contribution in [3.8, 4) is 17.2 Å². The second kappa shape index (κ2) is 10.2. The van der Waals surface area contributed by atoms with E-state index in [4.69, 9.17) is 14.2 Å². The maximum absolute atomic E-state index is 11.9. The number of hydrazone groups is 1. The summed E-state index contributed by atoms with van der Waals surface area (Å²) in [7, 11) is 1.60. The predicted octanol–water partition coefficient (Wildman–Crippen LogP) is 3.63. The Morgan fingerprint density at radius 2 is 1.81 bits per heavy atom. The number of nitrogens with zero attached hydrogens (tertiary/aromatic N) is 1. The van der Waals surface area contributed by atoms with Crippen molar-refractivity contribution < 1.29 is 19.0 Å². The molecule has 0 radical (unpaired) electrons. The number of benzene rings is 2. The largest absolute Gasteiger partial charge is 0.493 e. The molecule has 27 heavy (non-hydrogen) atoms. The van der Waals surface area contributed by atoms with Gasteiger partial charge in [-0.15, -0.1) is 0 Å². The molecule has 0 fully saturated rings. The minimum absolute atomic E-state index is 0.103. The Labute approximate surface area is 160 Å². The van der Waals surface area contributed by atoms with Crippen LogP contribution in [0.2, 0.25) is 0 Å². The molecule has 1 N–H and O–H groups in total. The monoisotopic (exact) mass is 370 g/mol. The molecule has 0 unspecified atom stereocenters. The van der Waals surface area contributed by atoms with Gasteiger partial charge in [0.15, 0.2) is 18.1 Å². The number of amides is 1. The summed E-state index contributed by atoms with van der Waals surface area (Å²) >= 11 is 0. The van der Waals surface area contributed by atoms with Gasteiger partial charge in [-0.25, -0.2) is 5.43 Å². The van der Waals surface area contributed by atoms with E-state index >= 15 is 0 Å². The van der Waals surface area contributed by atoms with Gasteiger partial charge in [0.2, 0.25) is 0 Å². The number of hydrogen-bond acceptors (Lipinski definition) is 5. The van der Waals surface area contributed by atoms with E-state index < -0.39 is 0 Å². The molecule has 0 atom stereocenters. The minimum Gasteiger partial charge on any atom is -0.493 e. The molecule has 0 aliphatic rings. The lowest BCUT2D eigenvalue weighted by molar-refractivity contribution is -0.123. The van der Waals surface area contributed by atoms with E-state index in [1.807, 2.05) is 51.1 Å². The molecule has 2 aromatic rings. The molecule has 0 aliphatic carbocycles. The topological polar surface area (TPSA) is 69.2 Å². The average Bonchev–Trinajstić information content (AvgIpc) is 2.64. The Hall–Kier alpha value is -3.02. The summed E-state index contributed by atoms with van der Waals surface area (Å²) in [6.07, 6.45) is 2.45. The number of methoxy groups -OCH3 is 1. The van der Waals surface area contributed by atoms with E-state index in [-0.39, 0.29) is 12.5 Å². The first-order chi connectivity index (χ1) is 13.0. The van der Waals surface area contributed by atoms with E-state index in [0.717, 1.165) is 23.1 Å². The van der Waals surface area contributed by atoms with Gasteiger partial charge in [0.25, 0.3) is 5.91 Å². The molecule has 0 bridgehead atoms. The Kier molecular flexibility index (Phi) is 7.67. The quantitative estimate of drug-likeness (QED) is 0.541. The van der Waals surface area contributed by atoms with Gasteiger partial charge >= 0.3 is 0 Å². The van der Waals surface area contributed by atoms with Crippen molar-refractivity contribution in [3.05, 3.63) is 53.1 Å². The van der Waals surface area contributed by atoms with Crippen LogP contribution in [0.1, 0.15) is 30.0 Å². The number of ether oxygens (including phenoxy) is 3. The lowest BCUT2D eigenvalue weighted by atomic mass is 10.1. The molecule has 0 aliphatic heterocycles. The number of aryl methyl sites for hydroxylation is 2. The lowest BCUT2D eigenvalue weighted by Gasteiger charge is -2.10. The van der Waals surface area contributed by atoms with Crippen molar-refractivity contribution >= 4 is 12.1 Å². The fourth-order valence-electron chi connectivity index (χ4n) is 2.47. The van der Waals surface area contributed by atoms with Gasteiger partial charge in [0, 0.05) is 0 Å². The molecular formula is C21H26N2O4. The summed E-state index contributed by atoms with van der Waals surface area (Å²) < 4.78 is 16.4. The average molecular weight is 370 g/mol. The maximum Gasteiger partial charge on any atom is 0.277 e. The Morgan fingerprint density at radius 3 is 2.48 bits per heavy atom. The van der Waals surface area contributed by atoms with Crippen LogP contribution < -0.4 is 19.6 Å².